The lowest BCUT2D eigenvalue weighted by molar-refractivity contribution is 0.461. The smallest absolute Gasteiger partial charge is 0.219 e. The largest absolute Gasteiger partial charge is 0.439 e. The Bertz CT molecular complexity index is 596. The second-order valence-corrected chi connectivity index (χ2v) is 4.24. The van der Waals surface area contributed by atoms with Crippen molar-refractivity contribution in [2.45, 2.75) is 6.54 Å². The van der Waals surface area contributed by atoms with Gasteiger partial charge in [-0.3, -0.25) is 4.99 Å². The van der Waals surface area contributed by atoms with E-state index in [0.717, 1.165) is 5.56 Å². The summed E-state index contributed by atoms with van der Waals surface area (Å²) in [7, 11) is 3.50. The van der Waals surface area contributed by atoms with Crippen LogP contribution in [-0.2, 0) is 6.54 Å². The van der Waals surface area contributed by atoms with Gasteiger partial charge in [-0.05, 0) is 29.8 Å². The van der Waals surface area contributed by atoms with Crippen molar-refractivity contribution >= 4 is 5.96 Å². The monoisotopic (exact) mass is 288 g/mol. The average Bonchev–Trinajstić information content (AvgIpc) is 2.52. The highest BCUT2D eigenvalue weighted by molar-refractivity contribution is 5.79. The summed E-state index contributed by atoms with van der Waals surface area (Å²) in [4.78, 5) is 8.23. The van der Waals surface area contributed by atoms with Gasteiger partial charge in [-0.1, -0.05) is 6.07 Å². The quantitative estimate of drug-likeness (QED) is 0.669. The minimum atomic E-state index is -0.297. The molecule has 6 heteroatoms. The summed E-state index contributed by atoms with van der Waals surface area (Å²) < 4.78 is 18.3. The summed E-state index contributed by atoms with van der Waals surface area (Å²) in [5, 5.41) is 6.06. The van der Waals surface area contributed by atoms with Crippen molar-refractivity contribution in [2.24, 2.45) is 4.99 Å². The second-order valence-electron chi connectivity index (χ2n) is 4.24. The van der Waals surface area contributed by atoms with Gasteiger partial charge in [0.25, 0.3) is 0 Å². The van der Waals surface area contributed by atoms with E-state index in [4.69, 9.17) is 4.74 Å². The Kier molecular flexibility index (Phi) is 5.09. The summed E-state index contributed by atoms with van der Waals surface area (Å²) >= 11 is 0. The first kappa shape index (κ1) is 14.8. The van der Waals surface area contributed by atoms with Gasteiger partial charge in [0, 0.05) is 32.9 Å². The Morgan fingerprint density at radius 1 is 1.24 bits per heavy atom. The van der Waals surface area contributed by atoms with Crippen LogP contribution in [0.15, 0.2) is 47.6 Å². The van der Waals surface area contributed by atoms with Crippen molar-refractivity contribution in [1.29, 1.82) is 0 Å². The lowest BCUT2D eigenvalue weighted by atomic mass is 10.3. The number of hydrogen-bond acceptors (Lipinski definition) is 3. The predicted molar refractivity (Wildman–Crippen MR) is 80.0 cm³/mol. The van der Waals surface area contributed by atoms with Crippen molar-refractivity contribution in [1.82, 2.24) is 15.6 Å². The van der Waals surface area contributed by atoms with Crippen LogP contribution < -0.4 is 15.4 Å². The Labute approximate surface area is 122 Å². The van der Waals surface area contributed by atoms with Gasteiger partial charge in [0.2, 0.25) is 5.88 Å². The van der Waals surface area contributed by atoms with E-state index in [1.807, 2.05) is 6.07 Å². The molecule has 0 aliphatic carbocycles. The zero-order valence-electron chi connectivity index (χ0n) is 11.9. The van der Waals surface area contributed by atoms with E-state index in [-0.39, 0.29) is 5.82 Å². The SMILES string of the molecule is CN=C(NC)NCc1ccc(Oc2ccc(F)cc2)nc1. The van der Waals surface area contributed by atoms with Gasteiger partial charge in [-0.15, -0.1) is 0 Å². The summed E-state index contributed by atoms with van der Waals surface area (Å²) in [6.07, 6.45) is 1.72. The van der Waals surface area contributed by atoms with Crippen LogP contribution in [-0.4, -0.2) is 25.0 Å². The number of aliphatic imine (C=N–C) groups is 1. The molecule has 21 heavy (non-hydrogen) atoms. The molecule has 2 rings (SSSR count). The molecule has 0 unspecified atom stereocenters. The maximum atomic E-state index is 12.8. The van der Waals surface area contributed by atoms with Crippen LogP contribution in [0.25, 0.3) is 0 Å². The number of pyridine rings is 1. The first-order valence-corrected chi connectivity index (χ1v) is 6.48. The highest BCUT2D eigenvalue weighted by Crippen LogP contribution is 2.19. The molecule has 110 valence electrons. The molecule has 1 aromatic heterocycles. The standard InChI is InChI=1S/C15H17FN4O/c1-17-15(18-2)20-10-11-3-8-14(19-9-11)21-13-6-4-12(16)5-7-13/h3-9H,10H2,1-2H3,(H2,17,18,20). The van der Waals surface area contributed by atoms with Crippen molar-refractivity contribution in [3.05, 3.63) is 54.0 Å². The first-order valence-electron chi connectivity index (χ1n) is 6.48. The van der Waals surface area contributed by atoms with Crippen molar-refractivity contribution in [3.63, 3.8) is 0 Å². The molecule has 0 spiro atoms. The zero-order valence-corrected chi connectivity index (χ0v) is 11.9. The molecule has 1 aromatic carbocycles. The number of benzene rings is 1. The number of nitrogens with one attached hydrogen (secondary N) is 2. The normalized spacial score (nSPS) is 11.1. The van der Waals surface area contributed by atoms with Gasteiger partial charge >= 0.3 is 0 Å². The summed E-state index contributed by atoms with van der Waals surface area (Å²) in [5.41, 5.74) is 0.998. The van der Waals surface area contributed by atoms with E-state index in [1.54, 1.807) is 38.5 Å². The average molecular weight is 288 g/mol. The summed E-state index contributed by atoms with van der Waals surface area (Å²) in [6, 6.07) is 9.48. The molecule has 1 heterocycles. The van der Waals surface area contributed by atoms with Crippen molar-refractivity contribution in [3.8, 4) is 11.6 Å². The van der Waals surface area contributed by atoms with Gasteiger partial charge in [0.1, 0.15) is 11.6 Å². The maximum Gasteiger partial charge on any atom is 0.219 e. The lowest BCUT2D eigenvalue weighted by Crippen LogP contribution is -2.34. The third-order valence-corrected chi connectivity index (χ3v) is 2.75. The molecule has 0 bridgehead atoms. The molecular formula is C15H17FN4O. The van der Waals surface area contributed by atoms with E-state index >= 15 is 0 Å². The van der Waals surface area contributed by atoms with Crippen LogP contribution >= 0.6 is 0 Å². The number of ether oxygens (including phenoxy) is 1. The van der Waals surface area contributed by atoms with Crippen LogP contribution in [0, 0.1) is 5.82 Å². The maximum absolute atomic E-state index is 12.8. The van der Waals surface area contributed by atoms with E-state index in [2.05, 4.69) is 20.6 Å². The molecule has 0 aliphatic heterocycles. The van der Waals surface area contributed by atoms with Gasteiger partial charge in [-0.25, -0.2) is 9.37 Å². The topological polar surface area (TPSA) is 58.5 Å². The Morgan fingerprint density at radius 3 is 2.57 bits per heavy atom. The van der Waals surface area contributed by atoms with Gasteiger partial charge in [0.15, 0.2) is 5.96 Å². The van der Waals surface area contributed by atoms with Crippen LogP contribution in [0.5, 0.6) is 11.6 Å². The van der Waals surface area contributed by atoms with E-state index in [9.17, 15) is 4.39 Å². The van der Waals surface area contributed by atoms with Crippen LogP contribution in [0.1, 0.15) is 5.56 Å². The minimum Gasteiger partial charge on any atom is -0.439 e. The molecular weight excluding hydrogens is 271 g/mol. The lowest BCUT2D eigenvalue weighted by Gasteiger charge is -2.09. The third-order valence-electron chi connectivity index (χ3n) is 2.75. The molecule has 0 saturated heterocycles. The molecule has 0 atom stereocenters. The highest BCUT2D eigenvalue weighted by atomic mass is 19.1. The number of hydrogen-bond donors (Lipinski definition) is 2. The summed E-state index contributed by atoms with van der Waals surface area (Å²) in [6.45, 7) is 0.608. The minimum absolute atomic E-state index is 0.297. The van der Waals surface area contributed by atoms with E-state index in [1.165, 1.54) is 12.1 Å². The molecule has 5 nitrogen and oxygen atoms in total. The second kappa shape index (κ2) is 7.23. The van der Waals surface area contributed by atoms with Crippen LogP contribution in [0.3, 0.4) is 0 Å². The molecule has 0 saturated carbocycles. The molecule has 2 aromatic rings. The molecule has 0 aliphatic rings. The van der Waals surface area contributed by atoms with Crippen molar-refractivity contribution in [2.75, 3.05) is 14.1 Å². The van der Waals surface area contributed by atoms with Gasteiger partial charge in [0.05, 0.1) is 0 Å². The molecule has 0 radical (unpaired) electrons. The fraction of sp³-hybridized carbons (Fsp3) is 0.200. The zero-order chi connectivity index (χ0) is 15.1. The number of nitrogens with zero attached hydrogens (tertiary/aromatic N) is 2. The van der Waals surface area contributed by atoms with E-state index < -0.39 is 0 Å². The van der Waals surface area contributed by atoms with Crippen LogP contribution in [0.2, 0.25) is 0 Å². The van der Waals surface area contributed by atoms with E-state index in [0.29, 0.717) is 24.1 Å². The number of aromatic nitrogens is 1. The Morgan fingerprint density at radius 2 is 2.00 bits per heavy atom. The highest BCUT2D eigenvalue weighted by Gasteiger charge is 2.01. The van der Waals surface area contributed by atoms with Crippen molar-refractivity contribution < 1.29 is 9.13 Å². The van der Waals surface area contributed by atoms with Gasteiger partial charge < -0.3 is 15.4 Å². The molecule has 2 N–H and O–H groups in total. The number of guanidine groups is 1. The predicted octanol–water partition coefficient (Wildman–Crippen LogP) is 2.31. The molecule has 0 amide bonds. The fourth-order valence-electron chi connectivity index (χ4n) is 1.66. The van der Waals surface area contributed by atoms with Gasteiger partial charge in [-0.2, -0.15) is 0 Å². The Balaban J connectivity index is 1.94. The third kappa shape index (κ3) is 4.45. The number of halogens is 1. The fourth-order valence-corrected chi connectivity index (χ4v) is 1.66. The summed E-state index contributed by atoms with van der Waals surface area (Å²) in [5.74, 6) is 1.42. The first-order chi connectivity index (χ1) is 10.2. The Hall–Kier alpha value is -2.63. The van der Waals surface area contributed by atoms with Crippen LogP contribution in [0.4, 0.5) is 4.39 Å². The number of rotatable bonds is 4. The molecule has 0 fully saturated rings.